The smallest absolute Gasteiger partial charge is 0.345 e. The number of aromatic amines is 1. The number of H-pyrrole nitrogens is 1. The summed E-state index contributed by atoms with van der Waals surface area (Å²) in [6, 6.07) is 24.2. The third kappa shape index (κ3) is 4.64. The monoisotopic (exact) mass is 454 g/mol. The lowest BCUT2D eigenvalue weighted by molar-refractivity contribution is -0.139. The molecule has 0 saturated heterocycles. The highest BCUT2D eigenvalue weighted by Gasteiger charge is 2.19. The highest BCUT2D eigenvalue weighted by atomic mass is 16.5. The van der Waals surface area contributed by atoms with Crippen molar-refractivity contribution in [2.75, 3.05) is 0 Å². The SMILES string of the molecule is O=C(O)C(Cc1c[nH]c2ccccc12)NCc1cccc(Oc2nnnn2-c2ccccc2)c1. The van der Waals surface area contributed by atoms with E-state index in [2.05, 4.69) is 25.8 Å². The second-order valence-corrected chi connectivity index (χ2v) is 7.79. The first-order valence-corrected chi connectivity index (χ1v) is 10.8. The molecule has 5 rings (SSSR count). The number of aromatic nitrogens is 5. The van der Waals surface area contributed by atoms with Crippen molar-refractivity contribution in [2.24, 2.45) is 0 Å². The molecule has 9 nitrogen and oxygen atoms in total. The zero-order valence-corrected chi connectivity index (χ0v) is 18.1. The Balaban J connectivity index is 1.27. The maximum Gasteiger partial charge on any atom is 0.345 e. The number of ether oxygens (including phenoxy) is 1. The minimum absolute atomic E-state index is 0.235. The molecule has 0 spiro atoms. The van der Waals surface area contributed by atoms with E-state index < -0.39 is 12.0 Å². The summed E-state index contributed by atoms with van der Waals surface area (Å²) in [6.45, 7) is 0.361. The lowest BCUT2D eigenvalue weighted by atomic mass is 10.0. The molecule has 170 valence electrons. The van der Waals surface area contributed by atoms with Crippen LogP contribution >= 0.6 is 0 Å². The number of carboxylic acids is 1. The van der Waals surface area contributed by atoms with E-state index in [-0.39, 0.29) is 6.01 Å². The van der Waals surface area contributed by atoms with Crippen molar-refractivity contribution in [1.82, 2.24) is 30.5 Å². The number of carbonyl (C=O) groups is 1. The lowest BCUT2D eigenvalue weighted by Gasteiger charge is -2.15. The molecule has 0 bridgehead atoms. The minimum Gasteiger partial charge on any atom is -0.480 e. The van der Waals surface area contributed by atoms with Crippen LogP contribution < -0.4 is 10.1 Å². The van der Waals surface area contributed by atoms with E-state index in [1.165, 1.54) is 4.68 Å². The highest BCUT2D eigenvalue weighted by Crippen LogP contribution is 2.23. The maximum atomic E-state index is 11.9. The van der Waals surface area contributed by atoms with Gasteiger partial charge in [0.25, 0.3) is 0 Å². The summed E-state index contributed by atoms with van der Waals surface area (Å²) in [5.41, 5.74) is 3.60. The Morgan fingerprint density at radius 2 is 1.88 bits per heavy atom. The highest BCUT2D eigenvalue weighted by molar-refractivity contribution is 5.84. The molecule has 1 atom stereocenters. The fraction of sp³-hybridized carbons (Fsp3) is 0.120. The standard InChI is InChI=1S/C25H22N6O3/c32-24(33)23(14-18-16-27-22-12-5-4-11-21(18)22)26-15-17-7-6-10-20(13-17)34-25-28-29-30-31(25)19-8-2-1-3-9-19/h1-13,16,23,26-27H,14-15H2,(H,32,33). The third-order valence-corrected chi connectivity index (χ3v) is 5.50. The molecule has 0 saturated carbocycles. The number of aliphatic carboxylic acids is 1. The van der Waals surface area contributed by atoms with Gasteiger partial charge in [0.05, 0.1) is 5.69 Å². The van der Waals surface area contributed by atoms with Crippen molar-refractivity contribution >= 4 is 16.9 Å². The Kier molecular flexibility index (Phi) is 6.00. The summed E-state index contributed by atoms with van der Waals surface area (Å²) in [6.07, 6.45) is 2.23. The van der Waals surface area contributed by atoms with E-state index in [1.54, 1.807) is 6.07 Å². The van der Waals surface area contributed by atoms with Crippen molar-refractivity contribution in [3.8, 4) is 17.4 Å². The van der Waals surface area contributed by atoms with Gasteiger partial charge in [-0.15, -0.1) is 0 Å². The predicted octanol–water partition coefficient (Wildman–Crippen LogP) is 3.72. The van der Waals surface area contributed by atoms with E-state index in [0.717, 1.165) is 27.7 Å². The molecular formula is C25H22N6O3. The van der Waals surface area contributed by atoms with Gasteiger partial charge in [-0.3, -0.25) is 4.79 Å². The van der Waals surface area contributed by atoms with Crippen LogP contribution in [0.2, 0.25) is 0 Å². The van der Waals surface area contributed by atoms with Crippen LogP contribution in [-0.4, -0.2) is 42.3 Å². The second-order valence-electron chi connectivity index (χ2n) is 7.79. The number of carboxylic acid groups (broad SMARTS) is 1. The molecule has 2 aromatic heterocycles. The summed E-state index contributed by atoms with van der Waals surface area (Å²) in [7, 11) is 0. The van der Waals surface area contributed by atoms with E-state index >= 15 is 0 Å². The molecule has 3 aromatic carbocycles. The molecule has 0 amide bonds. The number of nitrogens with zero attached hydrogens (tertiary/aromatic N) is 4. The van der Waals surface area contributed by atoms with Crippen LogP contribution in [0.4, 0.5) is 0 Å². The first-order valence-electron chi connectivity index (χ1n) is 10.8. The summed E-state index contributed by atoms with van der Waals surface area (Å²) in [4.78, 5) is 15.1. The Hall–Kier alpha value is -4.50. The van der Waals surface area contributed by atoms with E-state index in [1.807, 2.05) is 79.0 Å². The molecule has 9 heteroatoms. The van der Waals surface area contributed by atoms with Crippen molar-refractivity contribution in [2.45, 2.75) is 19.0 Å². The van der Waals surface area contributed by atoms with E-state index in [4.69, 9.17) is 4.74 Å². The third-order valence-electron chi connectivity index (χ3n) is 5.50. The maximum absolute atomic E-state index is 11.9. The number of benzene rings is 3. The van der Waals surface area contributed by atoms with Crippen LogP contribution in [0.3, 0.4) is 0 Å². The molecule has 1 unspecified atom stereocenters. The van der Waals surface area contributed by atoms with Crippen LogP contribution in [0.25, 0.3) is 16.6 Å². The average molecular weight is 454 g/mol. The fourth-order valence-electron chi connectivity index (χ4n) is 3.81. The van der Waals surface area contributed by atoms with Crippen molar-refractivity contribution < 1.29 is 14.6 Å². The molecule has 0 radical (unpaired) electrons. The zero-order valence-electron chi connectivity index (χ0n) is 18.1. The second kappa shape index (κ2) is 9.55. The number of tetrazole rings is 1. The topological polar surface area (TPSA) is 118 Å². The van der Waals surface area contributed by atoms with Gasteiger partial charge in [0, 0.05) is 30.1 Å². The van der Waals surface area contributed by atoms with Gasteiger partial charge in [0.15, 0.2) is 0 Å². The van der Waals surface area contributed by atoms with Crippen molar-refractivity contribution in [1.29, 1.82) is 0 Å². The van der Waals surface area contributed by atoms with Gasteiger partial charge >= 0.3 is 12.0 Å². The molecule has 34 heavy (non-hydrogen) atoms. The molecule has 5 aromatic rings. The van der Waals surface area contributed by atoms with Crippen LogP contribution in [-0.2, 0) is 17.8 Å². The predicted molar refractivity (Wildman–Crippen MR) is 126 cm³/mol. The van der Waals surface area contributed by atoms with E-state index in [0.29, 0.717) is 18.7 Å². The number of rotatable bonds is 9. The summed E-state index contributed by atoms with van der Waals surface area (Å²) in [5.74, 6) is -0.352. The fourth-order valence-corrected chi connectivity index (χ4v) is 3.81. The first kappa shape index (κ1) is 21.4. The number of fused-ring (bicyclic) bond motifs is 1. The number of hydrogen-bond acceptors (Lipinski definition) is 6. The summed E-state index contributed by atoms with van der Waals surface area (Å²) in [5, 5.41) is 25.6. The van der Waals surface area contributed by atoms with Crippen molar-refractivity contribution in [3.05, 3.63) is 96.2 Å². The Labute approximate surface area is 195 Å². The molecule has 2 heterocycles. The Morgan fingerprint density at radius 1 is 1.06 bits per heavy atom. The van der Waals surface area contributed by atoms with Gasteiger partial charge in [-0.2, -0.15) is 4.68 Å². The van der Waals surface area contributed by atoms with Crippen LogP contribution in [0.1, 0.15) is 11.1 Å². The quantitative estimate of drug-likeness (QED) is 0.311. The molecule has 0 fully saturated rings. The number of nitrogens with one attached hydrogen (secondary N) is 2. The minimum atomic E-state index is -0.903. The molecule has 3 N–H and O–H groups in total. The molecule has 0 aliphatic rings. The van der Waals surface area contributed by atoms with Crippen LogP contribution in [0.5, 0.6) is 11.8 Å². The first-order chi connectivity index (χ1) is 16.7. The van der Waals surface area contributed by atoms with Crippen molar-refractivity contribution in [3.63, 3.8) is 0 Å². The van der Waals surface area contributed by atoms with Gasteiger partial charge in [-0.05, 0) is 51.9 Å². The normalized spacial score (nSPS) is 12.0. The summed E-state index contributed by atoms with van der Waals surface area (Å²) >= 11 is 0. The lowest BCUT2D eigenvalue weighted by Crippen LogP contribution is -2.38. The largest absolute Gasteiger partial charge is 0.480 e. The van der Waals surface area contributed by atoms with Gasteiger partial charge in [-0.25, -0.2) is 0 Å². The van der Waals surface area contributed by atoms with Gasteiger partial charge in [0.2, 0.25) is 0 Å². The Bertz CT molecular complexity index is 1410. The van der Waals surface area contributed by atoms with Gasteiger partial charge < -0.3 is 20.1 Å². The number of para-hydroxylation sites is 2. The number of hydrogen-bond donors (Lipinski definition) is 3. The van der Waals surface area contributed by atoms with Crippen LogP contribution in [0.15, 0.2) is 85.1 Å². The average Bonchev–Trinajstić information content (AvgIpc) is 3.49. The van der Waals surface area contributed by atoms with Gasteiger partial charge in [-0.1, -0.05) is 53.6 Å². The van der Waals surface area contributed by atoms with Crippen LogP contribution in [0, 0.1) is 0 Å². The molecular weight excluding hydrogens is 432 g/mol. The molecule has 0 aliphatic heterocycles. The Morgan fingerprint density at radius 3 is 2.74 bits per heavy atom. The summed E-state index contributed by atoms with van der Waals surface area (Å²) < 4.78 is 7.42. The molecule has 0 aliphatic carbocycles. The van der Waals surface area contributed by atoms with E-state index in [9.17, 15) is 9.90 Å². The van der Waals surface area contributed by atoms with Gasteiger partial charge in [0.1, 0.15) is 11.8 Å². The zero-order chi connectivity index (χ0) is 23.3.